The van der Waals surface area contributed by atoms with Gasteiger partial charge in [-0.15, -0.1) is 11.3 Å². The van der Waals surface area contributed by atoms with Crippen LogP contribution in [0.15, 0.2) is 53.9 Å². The summed E-state index contributed by atoms with van der Waals surface area (Å²) < 4.78 is 2.00. The molecule has 4 nitrogen and oxygen atoms in total. The lowest BCUT2D eigenvalue weighted by Gasteiger charge is -2.16. The average Bonchev–Trinajstić information content (AvgIpc) is 3.13. The van der Waals surface area contributed by atoms with Crippen LogP contribution in [-0.4, -0.2) is 14.5 Å². The van der Waals surface area contributed by atoms with Crippen LogP contribution in [0.2, 0.25) is 0 Å². The molecule has 0 aliphatic carbocycles. The van der Waals surface area contributed by atoms with E-state index in [2.05, 4.69) is 39.7 Å². The van der Waals surface area contributed by atoms with Gasteiger partial charge in [0.1, 0.15) is 0 Å². The summed E-state index contributed by atoms with van der Waals surface area (Å²) in [6.07, 6.45) is 5.52. The monoisotopic (exact) mass is 270 g/mol. The first kappa shape index (κ1) is 11.9. The summed E-state index contributed by atoms with van der Waals surface area (Å²) >= 11 is 1.61. The fourth-order valence-electron chi connectivity index (χ4n) is 1.97. The van der Waals surface area contributed by atoms with Gasteiger partial charge in [-0.1, -0.05) is 12.1 Å². The van der Waals surface area contributed by atoms with Gasteiger partial charge in [0, 0.05) is 17.8 Å². The van der Waals surface area contributed by atoms with E-state index in [9.17, 15) is 0 Å². The Kier molecular flexibility index (Phi) is 3.29. The Hall–Kier alpha value is -2.14. The van der Waals surface area contributed by atoms with E-state index in [-0.39, 0.29) is 6.04 Å². The average molecular weight is 270 g/mol. The van der Waals surface area contributed by atoms with Crippen molar-refractivity contribution < 1.29 is 0 Å². The molecule has 1 atom stereocenters. The Bertz CT molecular complexity index is 631. The first-order valence-corrected chi connectivity index (χ1v) is 7.01. The van der Waals surface area contributed by atoms with Crippen LogP contribution >= 0.6 is 11.3 Å². The maximum absolute atomic E-state index is 4.34. The van der Waals surface area contributed by atoms with E-state index in [0.717, 1.165) is 17.1 Å². The maximum atomic E-state index is 4.34. The molecular weight excluding hydrogens is 256 g/mol. The Balaban J connectivity index is 1.89. The summed E-state index contributed by atoms with van der Waals surface area (Å²) in [6.45, 7) is 2.11. The van der Waals surface area contributed by atoms with Crippen molar-refractivity contribution in [1.29, 1.82) is 0 Å². The second-order valence-corrected chi connectivity index (χ2v) is 4.99. The van der Waals surface area contributed by atoms with Gasteiger partial charge in [0.2, 0.25) is 0 Å². The fourth-order valence-corrected chi connectivity index (χ4v) is 2.61. The molecule has 5 heteroatoms. The number of thiazole rings is 1. The number of anilines is 1. The van der Waals surface area contributed by atoms with Gasteiger partial charge in [-0.3, -0.25) is 0 Å². The van der Waals surface area contributed by atoms with Gasteiger partial charge in [-0.05, 0) is 19.1 Å². The van der Waals surface area contributed by atoms with Gasteiger partial charge in [-0.2, -0.15) is 0 Å². The summed E-state index contributed by atoms with van der Waals surface area (Å²) in [4.78, 5) is 8.43. The minimum Gasteiger partial charge on any atom is -0.375 e. The molecular formula is C14H14N4S. The lowest BCUT2D eigenvalue weighted by atomic mass is 10.2. The third-order valence-corrected chi connectivity index (χ3v) is 3.56. The molecule has 0 amide bonds. The van der Waals surface area contributed by atoms with Gasteiger partial charge in [0.25, 0.3) is 0 Å². The molecule has 3 aromatic rings. The highest BCUT2D eigenvalue weighted by atomic mass is 32.1. The van der Waals surface area contributed by atoms with Crippen molar-refractivity contribution in [3.05, 3.63) is 59.6 Å². The van der Waals surface area contributed by atoms with E-state index < -0.39 is 0 Å². The van der Waals surface area contributed by atoms with E-state index >= 15 is 0 Å². The van der Waals surface area contributed by atoms with Crippen LogP contribution in [-0.2, 0) is 0 Å². The van der Waals surface area contributed by atoms with Crippen LogP contribution in [0.25, 0.3) is 5.69 Å². The topological polar surface area (TPSA) is 42.7 Å². The van der Waals surface area contributed by atoms with Crippen molar-refractivity contribution in [1.82, 2.24) is 14.5 Å². The molecule has 1 unspecified atom stereocenters. The number of hydrogen-bond donors (Lipinski definition) is 1. The number of hydrogen-bond acceptors (Lipinski definition) is 4. The van der Waals surface area contributed by atoms with Crippen molar-refractivity contribution in [2.75, 3.05) is 5.32 Å². The van der Waals surface area contributed by atoms with Crippen molar-refractivity contribution in [2.45, 2.75) is 13.0 Å². The summed E-state index contributed by atoms with van der Waals surface area (Å²) in [5.41, 5.74) is 5.07. The van der Waals surface area contributed by atoms with E-state index in [1.165, 1.54) is 0 Å². The van der Waals surface area contributed by atoms with Crippen LogP contribution in [0.4, 0.5) is 5.69 Å². The number of benzene rings is 1. The van der Waals surface area contributed by atoms with E-state index in [1.807, 2.05) is 28.4 Å². The molecule has 96 valence electrons. The predicted octanol–water partition coefficient (Wildman–Crippen LogP) is 3.50. The Labute approximate surface area is 115 Å². The van der Waals surface area contributed by atoms with Gasteiger partial charge in [0.15, 0.2) is 0 Å². The highest BCUT2D eigenvalue weighted by molar-refractivity contribution is 7.07. The normalized spacial score (nSPS) is 12.3. The molecule has 0 bridgehead atoms. The number of rotatable bonds is 4. The smallest absolute Gasteiger partial charge is 0.0992 e. The third kappa shape index (κ3) is 2.51. The Morgan fingerprint density at radius 2 is 2.21 bits per heavy atom. The third-order valence-electron chi connectivity index (χ3n) is 2.95. The SMILES string of the molecule is CC(Nc1ccccc1-n1ccnc1)c1cscn1. The summed E-state index contributed by atoms with van der Waals surface area (Å²) in [5, 5.41) is 5.56. The van der Waals surface area contributed by atoms with Gasteiger partial charge < -0.3 is 9.88 Å². The molecule has 0 aliphatic rings. The van der Waals surface area contributed by atoms with Crippen molar-refractivity contribution >= 4 is 17.0 Å². The van der Waals surface area contributed by atoms with E-state index in [1.54, 1.807) is 23.9 Å². The predicted molar refractivity (Wildman–Crippen MR) is 77.7 cm³/mol. The van der Waals surface area contributed by atoms with Gasteiger partial charge >= 0.3 is 0 Å². The largest absolute Gasteiger partial charge is 0.375 e. The van der Waals surface area contributed by atoms with Crippen LogP contribution < -0.4 is 5.32 Å². The Morgan fingerprint density at radius 1 is 1.32 bits per heavy atom. The maximum Gasteiger partial charge on any atom is 0.0992 e. The van der Waals surface area contributed by atoms with Crippen molar-refractivity contribution in [3.63, 3.8) is 0 Å². The Morgan fingerprint density at radius 3 is 2.95 bits per heavy atom. The van der Waals surface area contributed by atoms with Crippen LogP contribution in [0.3, 0.4) is 0 Å². The first-order chi connectivity index (χ1) is 9.34. The molecule has 2 aromatic heterocycles. The summed E-state index contributed by atoms with van der Waals surface area (Å²) in [5.74, 6) is 0. The number of imidazole rings is 1. The summed E-state index contributed by atoms with van der Waals surface area (Å²) in [7, 11) is 0. The zero-order chi connectivity index (χ0) is 13.1. The molecule has 1 aromatic carbocycles. The van der Waals surface area contributed by atoms with Crippen molar-refractivity contribution in [2.24, 2.45) is 0 Å². The standard InChI is InChI=1S/C14H14N4S/c1-11(13-8-19-10-16-13)17-12-4-2-3-5-14(12)18-7-6-15-9-18/h2-11,17H,1H3. The zero-order valence-corrected chi connectivity index (χ0v) is 11.3. The molecule has 19 heavy (non-hydrogen) atoms. The molecule has 3 rings (SSSR count). The molecule has 0 saturated carbocycles. The van der Waals surface area contributed by atoms with Crippen LogP contribution in [0.1, 0.15) is 18.7 Å². The molecule has 0 spiro atoms. The van der Waals surface area contributed by atoms with E-state index in [4.69, 9.17) is 0 Å². The highest BCUT2D eigenvalue weighted by Crippen LogP contribution is 2.24. The quantitative estimate of drug-likeness (QED) is 0.789. The lowest BCUT2D eigenvalue weighted by Crippen LogP contribution is -2.09. The molecule has 0 saturated heterocycles. The number of nitrogens with zero attached hydrogens (tertiary/aromatic N) is 3. The minimum atomic E-state index is 0.177. The van der Waals surface area contributed by atoms with Gasteiger partial charge in [-0.25, -0.2) is 9.97 Å². The second-order valence-electron chi connectivity index (χ2n) is 4.27. The number of aromatic nitrogens is 3. The highest BCUT2D eigenvalue weighted by Gasteiger charge is 2.10. The molecule has 2 heterocycles. The zero-order valence-electron chi connectivity index (χ0n) is 10.5. The van der Waals surface area contributed by atoms with E-state index in [0.29, 0.717) is 0 Å². The lowest BCUT2D eigenvalue weighted by molar-refractivity contribution is 0.846. The number of nitrogens with one attached hydrogen (secondary N) is 1. The van der Waals surface area contributed by atoms with Crippen LogP contribution in [0.5, 0.6) is 0 Å². The molecule has 0 fully saturated rings. The number of para-hydroxylation sites is 2. The minimum absolute atomic E-state index is 0.177. The van der Waals surface area contributed by atoms with Crippen LogP contribution in [0, 0.1) is 0 Å². The first-order valence-electron chi connectivity index (χ1n) is 6.06. The van der Waals surface area contributed by atoms with Crippen molar-refractivity contribution in [3.8, 4) is 5.69 Å². The fraction of sp³-hybridized carbons (Fsp3) is 0.143. The molecule has 0 radical (unpaired) electrons. The summed E-state index contributed by atoms with van der Waals surface area (Å²) in [6, 6.07) is 8.36. The van der Waals surface area contributed by atoms with Gasteiger partial charge in [0.05, 0.1) is 34.9 Å². The second kappa shape index (κ2) is 5.24. The molecule has 1 N–H and O–H groups in total. The molecule has 0 aliphatic heterocycles.